The zero-order valence-electron chi connectivity index (χ0n) is 16.9. The van der Waals surface area contributed by atoms with Crippen LogP contribution in [0.3, 0.4) is 0 Å². The van der Waals surface area contributed by atoms with Crippen molar-refractivity contribution in [2.45, 2.75) is 32.9 Å². The molecule has 29 heavy (non-hydrogen) atoms. The molecule has 1 saturated heterocycles. The number of nitrogens with one attached hydrogen (secondary N) is 1. The summed E-state index contributed by atoms with van der Waals surface area (Å²) in [5.74, 6) is 0. The van der Waals surface area contributed by atoms with Crippen molar-refractivity contribution in [1.82, 2.24) is 9.80 Å². The molecule has 1 heterocycles. The van der Waals surface area contributed by atoms with Crippen LogP contribution in [-0.2, 0) is 11.3 Å². The van der Waals surface area contributed by atoms with E-state index in [-0.39, 0.29) is 17.4 Å². The molecule has 0 radical (unpaired) electrons. The van der Waals surface area contributed by atoms with Crippen molar-refractivity contribution in [1.29, 1.82) is 15.8 Å². The first-order chi connectivity index (χ1) is 13.8. The molecule has 1 aliphatic heterocycles. The van der Waals surface area contributed by atoms with E-state index in [0.717, 1.165) is 18.7 Å². The van der Waals surface area contributed by atoms with Crippen LogP contribution in [0.2, 0.25) is 0 Å². The number of nitrogens with zero attached hydrogens (tertiary/aromatic N) is 5. The van der Waals surface area contributed by atoms with Gasteiger partial charge in [0.2, 0.25) is 0 Å². The van der Waals surface area contributed by atoms with Gasteiger partial charge in [-0.1, -0.05) is 12.1 Å². The van der Waals surface area contributed by atoms with Crippen molar-refractivity contribution < 1.29 is 9.53 Å². The molecule has 0 bridgehead atoms. The predicted octanol–water partition coefficient (Wildman–Crippen LogP) is 2.98. The molecule has 1 aromatic carbocycles. The Morgan fingerprint density at radius 1 is 1.10 bits per heavy atom. The summed E-state index contributed by atoms with van der Waals surface area (Å²) < 4.78 is 5.42. The monoisotopic (exact) mass is 392 g/mol. The van der Waals surface area contributed by atoms with E-state index in [1.54, 1.807) is 23.1 Å². The molecule has 0 saturated carbocycles. The maximum Gasteiger partial charge on any atom is 0.410 e. The van der Waals surface area contributed by atoms with Crippen LogP contribution in [0, 0.1) is 34.0 Å². The first-order valence-corrected chi connectivity index (χ1v) is 9.26. The summed E-state index contributed by atoms with van der Waals surface area (Å²) in [6, 6.07) is 12.7. The van der Waals surface area contributed by atoms with Crippen LogP contribution in [0.25, 0.3) is 0 Å². The van der Waals surface area contributed by atoms with Crippen molar-refractivity contribution in [3.05, 3.63) is 41.1 Å². The Bertz CT molecular complexity index is 887. The molecule has 0 spiro atoms. The van der Waals surface area contributed by atoms with Crippen molar-refractivity contribution in [2.75, 3.05) is 31.5 Å². The highest BCUT2D eigenvalue weighted by Gasteiger charge is 2.25. The molecule has 0 atom stereocenters. The van der Waals surface area contributed by atoms with Gasteiger partial charge in [-0.05, 0) is 38.5 Å². The Morgan fingerprint density at radius 2 is 1.76 bits per heavy atom. The molecule has 2 rings (SSSR count). The lowest BCUT2D eigenvalue weighted by molar-refractivity contribution is 0.0139. The minimum absolute atomic E-state index is 0.0712. The zero-order valence-corrected chi connectivity index (χ0v) is 16.9. The summed E-state index contributed by atoms with van der Waals surface area (Å²) in [6.45, 7) is 8.90. The maximum atomic E-state index is 12.2. The van der Waals surface area contributed by atoms with Gasteiger partial charge in [0, 0.05) is 38.4 Å². The van der Waals surface area contributed by atoms with Gasteiger partial charge in [0.15, 0.2) is 5.57 Å². The molecule has 0 aliphatic carbocycles. The highest BCUT2D eigenvalue weighted by Crippen LogP contribution is 2.17. The van der Waals surface area contributed by atoms with Gasteiger partial charge >= 0.3 is 6.09 Å². The normalized spacial score (nSPS) is 14.1. The van der Waals surface area contributed by atoms with Crippen molar-refractivity contribution in [3.8, 4) is 18.2 Å². The van der Waals surface area contributed by atoms with Gasteiger partial charge in [-0.15, -0.1) is 0 Å². The van der Waals surface area contributed by atoms with Gasteiger partial charge < -0.3 is 15.0 Å². The van der Waals surface area contributed by atoms with Crippen LogP contribution in [-0.4, -0.2) is 47.7 Å². The van der Waals surface area contributed by atoms with Crippen molar-refractivity contribution >= 4 is 11.8 Å². The van der Waals surface area contributed by atoms with Crippen LogP contribution in [0.5, 0.6) is 0 Å². The molecule has 1 aliphatic rings. The summed E-state index contributed by atoms with van der Waals surface area (Å²) in [6.07, 6.45) is -0.287. The smallest absolute Gasteiger partial charge is 0.410 e. The summed E-state index contributed by atoms with van der Waals surface area (Å²) in [7, 11) is 0. The summed E-state index contributed by atoms with van der Waals surface area (Å²) >= 11 is 0. The second kappa shape index (κ2) is 9.59. The summed E-state index contributed by atoms with van der Waals surface area (Å²) in [5, 5.41) is 29.9. The highest BCUT2D eigenvalue weighted by atomic mass is 16.6. The van der Waals surface area contributed by atoms with Crippen molar-refractivity contribution in [2.24, 2.45) is 0 Å². The number of carbonyl (C=O) groups excluding carboxylic acids is 1. The van der Waals surface area contributed by atoms with Crippen LogP contribution < -0.4 is 5.32 Å². The molecule has 8 nitrogen and oxygen atoms in total. The van der Waals surface area contributed by atoms with Gasteiger partial charge in [0.05, 0.1) is 0 Å². The number of hydrogen-bond donors (Lipinski definition) is 1. The Morgan fingerprint density at radius 3 is 2.31 bits per heavy atom. The van der Waals surface area contributed by atoms with E-state index < -0.39 is 5.60 Å². The van der Waals surface area contributed by atoms with E-state index in [2.05, 4.69) is 10.2 Å². The first-order valence-electron chi connectivity index (χ1n) is 9.26. The first kappa shape index (κ1) is 21.8. The molecule has 1 amide bonds. The number of ether oxygens (including phenoxy) is 1. The second-order valence-corrected chi connectivity index (χ2v) is 7.65. The Kier molecular flexibility index (Phi) is 7.20. The third-order valence-corrected chi connectivity index (χ3v) is 4.21. The van der Waals surface area contributed by atoms with E-state index in [9.17, 15) is 4.79 Å². The minimum Gasteiger partial charge on any atom is -0.444 e. The SMILES string of the molecule is CC(C)(C)OC(=O)N1CCN(Cc2cccc(NC(C#N)=C(C#N)C#N)c2)CC1. The number of anilines is 1. The Balaban J connectivity index is 1.96. The molecular formula is C21H24N6O2. The van der Waals surface area contributed by atoms with E-state index in [4.69, 9.17) is 20.5 Å². The summed E-state index contributed by atoms with van der Waals surface area (Å²) in [5.41, 5.74) is 0.826. The number of carbonyl (C=O) groups is 1. The van der Waals surface area contributed by atoms with Crippen LogP contribution in [0.15, 0.2) is 35.5 Å². The molecule has 0 unspecified atom stereocenters. The van der Waals surface area contributed by atoms with Crippen LogP contribution in [0.1, 0.15) is 26.3 Å². The topological polar surface area (TPSA) is 116 Å². The third kappa shape index (κ3) is 6.53. The van der Waals surface area contributed by atoms with Gasteiger partial charge in [0.1, 0.15) is 29.5 Å². The average molecular weight is 392 g/mol. The van der Waals surface area contributed by atoms with E-state index in [0.29, 0.717) is 25.3 Å². The van der Waals surface area contributed by atoms with Gasteiger partial charge in [0.25, 0.3) is 0 Å². The fraction of sp³-hybridized carbons (Fsp3) is 0.429. The molecule has 1 aromatic rings. The third-order valence-electron chi connectivity index (χ3n) is 4.21. The quantitative estimate of drug-likeness (QED) is 0.783. The number of benzene rings is 1. The van der Waals surface area contributed by atoms with Crippen LogP contribution >= 0.6 is 0 Å². The van der Waals surface area contributed by atoms with Gasteiger partial charge in [-0.25, -0.2) is 4.79 Å². The average Bonchev–Trinajstić information content (AvgIpc) is 2.67. The number of allylic oxidation sites excluding steroid dienone is 2. The number of hydrogen-bond acceptors (Lipinski definition) is 7. The lowest BCUT2D eigenvalue weighted by Crippen LogP contribution is -2.49. The molecule has 1 fully saturated rings. The maximum absolute atomic E-state index is 12.2. The molecule has 0 aromatic heterocycles. The number of nitriles is 3. The molecular weight excluding hydrogens is 368 g/mol. The van der Waals surface area contributed by atoms with E-state index in [1.807, 2.05) is 45.0 Å². The summed E-state index contributed by atoms with van der Waals surface area (Å²) in [4.78, 5) is 16.1. The van der Waals surface area contributed by atoms with Crippen LogP contribution in [0.4, 0.5) is 10.5 Å². The predicted molar refractivity (Wildman–Crippen MR) is 107 cm³/mol. The molecule has 8 heteroatoms. The number of amides is 1. The Hall–Kier alpha value is -3.54. The van der Waals surface area contributed by atoms with Gasteiger partial charge in [-0.3, -0.25) is 4.90 Å². The lowest BCUT2D eigenvalue weighted by atomic mass is 10.1. The standard InChI is InChI=1S/C21H24N6O2/c1-21(2,3)29-20(28)27-9-7-26(8-10-27)15-16-5-4-6-18(11-16)25-19(14-24)17(12-22)13-23/h4-6,11,25H,7-10,15H2,1-3H3. The van der Waals surface area contributed by atoms with E-state index in [1.165, 1.54) is 0 Å². The number of rotatable bonds is 4. The van der Waals surface area contributed by atoms with Crippen molar-refractivity contribution in [3.63, 3.8) is 0 Å². The number of piperazine rings is 1. The zero-order chi connectivity index (χ0) is 21.4. The minimum atomic E-state index is -0.505. The van der Waals surface area contributed by atoms with Gasteiger partial charge in [-0.2, -0.15) is 15.8 Å². The van der Waals surface area contributed by atoms with E-state index >= 15 is 0 Å². The largest absolute Gasteiger partial charge is 0.444 e. The molecule has 150 valence electrons. The lowest BCUT2D eigenvalue weighted by Gasteiger charge is -2.35. The second-order valence-electron chi connectivity index (χ2n) is 7.65. The highest BCUT2D eigenvalue weighted by molar-refractivity contribution is 5.68. The Labute approximate surface area is 171 Å². The molecule has 1 N–H and O–H groups in total. The fourth-order valence-corrected chi connectivity index (χ4v) is 2.85. The fourth-order valence-electron chi connectivity index (χ4n) is 2.85.